The van der Waals surface area contributed by atoms with Crippen LogP contribution in [0.4, 0.5) is 10.5 Å². The average Bonchev–Trinajstić information content (AvgIpc) is 3.04. The van der Waals surface area contributed by atoms with Gasteiger partial charge in [-0.2, -0.15) is 0 Å². The molecule has 1 aliphatic rings. The Morgan fingerprint density at radius 2 is 1.63 bits per heavy atom. The van der Waals surface area contributed by atoms with Gasteiger partial charge in [-0.1, -0.05) is 48.9 Å². The number of ether oxygens (including phenoxy) is 1. The number of rotatable bonds is 15. The minimum atomic E-state index is -3.91. The SMILES string of the molecule is Nc1ccc([C@@H](O)CN(CCCc2ccc(-c3ccc(C(=O)NS(=O)(=O)CCCO)c(OC4CCCCC4)c3)cc2)C(=O)O)cc1. The van der Waals surface area contributed by atoms with Crippen molar-refractivity contribution < 1.29 is 38.1 Å². The van der Waals surface area contributed by atoms with Gasteiger partial charge in [0, 0.05) is 18.8 Å². The van der Waals surface area contributed by atoms with E-state index in [0.717, 1.165) is 48.8 Å². The Morgan fingerprint density at radius 1 is 0.957 bits per heavy atom. The molecule has 248 valence electrons. The van der Waals surface area contributed by atoms with Gasteiger partial charge in [0.25, 0.3) is 5.91 Å². The van der Waals surface area contributed by atoms with E-state index < -0.39 is 28.1 Å². The standard InChI is InChI=1S/C34H43N3O8S/c35-28-16-13-26(14-17-28)31(39)23-37(34(41)42)19-4-6-24-9-11-25(12-10-24)27-15-18-30(33(40)36-46(43,44)21-5-20-38)32(22-27)45-29-7-2-1-3-8-29/h9-18,22,29,31,38-39H,1-8,19-21,23,35H2,(H,36,40)(H,41,42)/t31-/m0/s1. The number of aryl methyl sites for hydroxylation is 1. The van der Waals surface area contributed by atoms with Gasteiger partial charge in [0.2, 0.25) is 10.0 Å². The largest absolute Gasteiger partial charge is 0.490 e. The smallest absolute Gasteiger partial charge is 0.407 e. The van der Waals surface area contributed by atoms with Gasteiger partial charge < -0.3 is 30.7 Å². The number of amides is 2. The number of nitrogens with one attached hydrogen (secondary N) is 1. The highest BCUT2D eigenvalue weighted by Crippen LogP contribution is 2.31. The number of carboxylic acid groups (broad SMARTS) is 1. The fourth-order valence-corrected chi connectivity index (χ4v) is 6.49. The molecule has 1 saturated carbocycles. The molecule has 6 N–H and O–H groups in total. The summed E-state index contributed by atoms with van der Waals surface area (Å²) in [6.07, 6.45) is 3.97. The van der Waals surface area contributed by atoms with Crippen LogP contribution < -0.4 is 15.2 Å². The van der Waals surface area contributed by atoms with E-state index in [1.807, 2.05) is 24.3 Å². The predicted molar refractivity (Wildman–Crippen MR) is 176 cm³/mol. The molecule has 1 fully saturated rings. The van der Waals surface area contributed by atoms with Gasteiger partial charge in [0.1, 0.15) is 5.75 Å². The van der Waals surface area contributed by atoms with Crippen molar-refractivity contribution in [2.75, 3.05) is 31.2 Å². The molecule has 0 saturated heterocycles. The number of carbonyl (C=O) groups is 2. The van der Waals surface area contributed by atoms with Crippen LogP contribution in [0.1, 0.15) is 72.5 Å². The number of aliphatic hydroxyl groups is 2. The lowest BCUT2D eigenvalue weighted by Crippen LogP contribution is -2.34. The van der Waals surface area contributed by atoms with Crippen molar-refractivity contribution in [2.45, 2.75) is 63.6 Å². The highest BCUT2D eigenvalue weighted by molar-refractivity contribution is 7.90. The quantitative estimate of drug-likeness (QED) is 0.145. The maximum atomic E-state index is 13.0. The summed E-state index contributed by atoms with van der Waals surface area (Å²) < 4.78 is 33.0. The number of nitrogen functional groups attached to an aromatic ring is 1. The molecule has 11 nitrogen and oxygen atoms in total. The monoisotopic (exact) mass is 653 g/mol. The fourth-order valence-electron chi connectivity index (χ4n) is 5.49. The first-order chi connectivity index (χ1) is 22.0. The summed E-state index contributed by atoms with van der Waals surface area (Å²) in [6.45, 7) is -0.0921. The number of benzene rings is 3. The lowest BCUT2D eigenvalue weighted by molar-refractivity contribution is 0.0961. The zero-order chi connectivity index (χ0) is 33.1. The number of hydrogen-bond donors (Lipinski definition) is 5. The van der Waals surface area contributed by atoms with Crippen LogP contribution in [-0.4, -0.2) is 72.2 Å². The van der Waals surface area contributed by atoms with Crippen LogP contribution in [0.15, 0.2) is 66.7 Å². The Hall–Kier alpha value is -4.13. The zero-order valence-corrected chi connectivity index (χ0v) is 26.6. The predicted octanol–water partition coefficient (Wildman–Crippen LogP) is 4.74. The molecular weight excluding hydrogens is 610 g/mol. The molecule has 0 aliphatic heterocycles. The molecule has 0 heterocycles. The van der Waals surface area contributed by atoms with E-state index in [1.165, 1.54) is 4.90 Å². The molecule has 0 aromatic heterocycles. The Bertz CT molecular complexity index is 1560. The van der Waals surface area contributed by atoms with Crippen molar-refractivity contribution in [3.05, 3.63) is 83.4 Å². The van der Waals surface area contributed by atoms with Gasteiger partial charge in [-0.05, 0) is 91.5 Å². The summed E-state index contributed by atoms with van der Waals surface area (Å²) in [5.74, 6) is -0.821. The van der Waals surface area contributed by atoms with Crippen LogP contribution in [0, 0.1) is 0 Å². The van der Waals surface area contributed by atoms with Crippen LogP contribution in [0.25, 0.3) is 11.1 Å². The van der Waals surface area contributed by atoms with E-state index in [1.54, 1.807) is 42.5 Å². The van der Waals surface area contributed by atoms with E-state index in [4.69, 9.17) is 15.6 Å². The second-order valence-corrected chi connectivity index (χ2v) is 13.5. The molecular formula is C34H43N3O8S. The van der Waals surface area contributed by atoms with Crippen molar-refractivity contribution in [2.24, 2.45) is 0 Å². The van der Waals surface area contributed by atoms with Gasteiger partial charge in [0.15, 0.2) is 0 Å². The third kappa shape index (κ3) is 10.2. The fraction of sp³-hybridized carbons (Fsp3) is 0.412. The third-order valence-corrected chi connectivity index (χ3v) is 9.38. The minimum Gasteiger partial charge on any atom is -0.490 e. The Balaban J connectivity index is 1.42. The number of anilines is 1. The molecule has 12 heteroatoms. The summed E-state index contributed by atoms with van der Waals surface area (Å²) in [5, 5.41) is 29.2. The van der Waals surface area contributed by atoms with E-state index in [9.17, 15) is 28.2 Å². The first-order valence-corrected chi connectivity index (χ1v) is 17.3. The minimum absolute atomic E-state index is 0.0223. The van der Waals surface area contributed by atoms with Gasteiger partial charge in [-0.3, -0.25) is 4.79 Å². The highest BCUT2D eigenvalue weighted by atomic mass is 32.2. The number of carbonyl (C=O) groups excluding carboxylic acids is 1. The number of sulfonamides is 1. The number of hydrogen-bond acceptors (Lipinski definition) is 8. The summed E-state index contributed by atoms with van der Waals surface area (Å²) in [6, 6.07) is 19.6. The van der Waals surface area contributed by atoms with Crippen LogP contribution in [-0.2, 0) is 16.4 Å². The topological polar surface area (TPSA) is 179 Å². The van der Waals surface area contributed by atoms with E-state index in [2.05, 4.69) is 4.72 Å². The summed E-state index contributed by atoms with van der Waals surface area (Å²) in [7, 11) is -3.91. The van der Waals surface area contributed by atoms with Gasteiger partial charge >= 0.3 is 6.09 Å². The lowest BCUT2D eigenvalue weighted by Gasteiger charge is -2.24. The molecule has 46 heavy (non-hydrogen) atoms. The van der Waals surface area contributed by atoms with Crippen LogP contribution in [0.2, 0.25) is 0 Å². The number of nitrogens with zero attached hydrogens (tertiary/aromatic N) is 1. The molecule has 3 aromatic carbocycles. The number of nitrogens with two attached hydrogens (primary N) is 1. The van der Waals surface area contributed by atoms with Crippen LogP contribution in [0.5, 0.6) is 5.75 Å². The molecule has 0 unspecified atom stereocenters. The van der Waals surface area contributed by atoms with E-state index in [0.29, 0.717) is 29.8 Å². The zero-order valence-electron chi connectivity index (χ0n) is 25.8. The van der Waals surface area contributed by atoms with Crippen molar-refractivity contribution in [1.82, 2.24) is 9.62 Å². The summed E-state index contributed by atoms with van der Waals surface area (Å²) in [5.41, 5.74) is 9.67. The maximum Gasteiger partial charge on any atom is 0.407 e. The second-order valence-electron chi connectivity index (χ2n) is 11.6. The van der Waals surface area contributed by atoms with Gasteiger partial charge in [-0.15, -0.1) is 0 Å². The average molecular weight is 654 g/mol. The second kappa shape index (κ2) is 16.4. The maximum absolute atomic E-state index is 13.0. The molecule has 0 spiro atoms. The highest BCUT2D eigenvalue weighted by Gasteiger charge is 2.23. The first kappa shape index (κ1) is 34.7. The number of aliphatic hydroxyl groups excluding tert-OH is 2. The van der Waals surface area contributed by atoms with Crippen molar-refractivity contribution in [3.63, 3.8) is 0 Å². The normalized spacial score (nSPS) is 14.4. The molecule has 1 aliphatic carbocycles. The van der Waals surface area contributed by atoms with Gasteiger partial charge in [0.05, 0.1) is 30.1 Å². The van der Waals surface area contributed by atoms with Gasteiger partial charge in [-0.25, -0.2) is 17.9 Å². The lowest BCUT2D eigenvalue weighted by atomic mass is 9.97. The molecule has 2 amide bonds. The van der Waals surface area contributed by atoms with Crippen LogP contribution in [0.3, 0.4) is 0 Å². The van der Waals surface area contributed by atoms with Crippen molar-refractivity contribution in [1.29, 1.82) is 0 Å². The van der Waals surface area contributed by atoms with Crippen molar-refractivity contribution in [3.8, 4) is 16.9 Å². The third-order valence-electron chi connectivity index (χ3n) is 8.06. The van der Waals surface area contributed by atoms with Crippen LogP contribution >= 0.6 is 0 Å². The summed E-state index contributed by atoms with van der Waals surface area (Å²) >= 11 is 0. The molecule has 0 radical (unpaired) electrons. The van der Waals surface area contributed by atoms with E-state index in [-0.39, 0.29) is 43.5 Å². The molecule has 3 aromatic rings. The van der Waals surface area contributed by atoms with Crippen molar-refractivity contribution >= 4 is 27.7 Å². The molecule has 4 rings (SSSR count). The molecule has 0 bridgehead atoms. The Labute approximate surface area is 270 Å². The Kier molecular flexibility index (Phi) is 12.4. The summed E-state index contributed by atoms with van der Waals surface area (Å²) in [4.78, 5) is 26.0. The Morgan fingerprint density at radius 3 is 2.28 bits per heavy atom. The van der Waals surface area contributed by atoms with E-state index >= 15 is 0 Å². The molecule has 1 atom stereocenters. The first-order valence-electron chi connectivity index (χ1n) is 15.6.